The fourth-order valence-corrected chi connectivity index (χ4v) is 3.22. The first kappa shape index (κ1) is 21.2. The maximum atomic E-state index is 12.5. The highest BCUT2D eigenvalue weighted by molar-refractivity contribution is 5.94. The van der Waals surface area contributed by atoms with Crippen molar-refractivity contribution in [2.75, 3.05) is 20.3 Å². The van der Waals surface area contributed by atoms with Crippen molar-refractivity contribution in [1.82, 2.24) is 14.7 Å². The summed E-state index contributed by atoms with van der Waals surface area (Å²) in [6, 6.07) is 18.4. The van der Waals surface area contributed by atoms with Gasteiger partial charge in [-0.05, 0) is 61.0 Å². The summed E-state index contributed by atoms with van der Waals surface area (Å²) in [4.78, 5) is 17.0. The highest BCUT2D eigenvalue weighted by Crippen LogP contribution is 2.17. The number of aromatic nitrogens is 2. The molecule has 4 rings (SSSR count). The first-order valence-corrected chi connectivity index (χ1v) is 10.3. The number of nitrogens with one attached hydrogen (secondary N) is 1. The zero-order chi connectivity index (χ0) is 22.3. The Bertz CT molecular complexity index is 1200. The molecule has 1 amide bonds. The fourth-order valence-electron chi connectivity index (χ4n) is 3.22. The van der Waals surface area contributed by atoms with Crippen LogP contribution in [-0.2, 0) is 6.61 Å². The second-order valence-electron chi connectivity index (χ2n) is 7.30. The van der Waals surface area contributed by atoms with E-state index in [1.165, 1.54) is 0 Å². The number of fused-ring (bicyclic) bond motifs is 1. The van der Waals surface area contributed by atoms with Crippen molar-refractivity contribution in [3.63, 3.8) is 0 Å². The SMILES string of the molecule is COc1ccc(OCCNC(=O)c2cccc(OCc3cn4cc(C)ccc4n3)c2)cc1. The number of hydrogen-bond donors (Lipinski definition) is 1. The minimum Gasteiger partial charge on any atom is -0.497 e. The molecule has 0 aliphatic heterocycles. The highest BCUT2D eigenvalue weighted by Gasteiger charge is 2.08. The molecule has 0 unspecified atom stereocenters. The van der Waals surface area contributed by atoms with Crippen LogP contribution in [0.1, 0.15) is 21.6 Å². The lowest BCUT2D eigenvalue weighted by Crippen LogP contribution is -2.28. The Hall–Kier alpha value is -4.00. The summed E-state index contributed by atoms with van der Waals surface area (Å²) in [5.41, 5.74) is 3.38. The second-order valence-corrected chi connectivity index (χ2v) is 7.30. The van der Waals surface area contributed by atoms with Gasteiger partial charge < -0.3 is 23.9 Å². The van der Waals surface area contributed by atoms with Gasteiger partial charge in [0.25, 0.3) is 5.91 Å². The smallest absolute Gasteiger partial charge is 0.251 e. The number of benzene rings is 2. The molecule has 7 heteroatoms. The van der Waals surface area contributed by atoms with Crippen LogP contribution in [0.15, 0.2) is 73.1 Å². The van der Waals surface area contributed by atoms with Gasteiger partial charge in [-0.25, -0.2) is 4.98 Å². The van der Waals surface area contributed by atoms with Crippen molar-refractivity contribution in [3.8, 4) is 17.2 Å². The third-order valence-corrected chi connectivity index (χ3v) is 4.85. The summed E-state index contributed by atoms with van der Waals surface area (Å²) in [6.45, 7) is 3.11. The lowest BCUT2D eigenvalue weighted by molar-refractivity contribution is 0.0946. The Labute approximate surface area is 186 Å². The van der Waals surface area contributed by atoms with Crippen LogP contribution in [0.2, 0.25) is 0 Å². The molecule has 7 nitrogen and oxygen atoms in total. The van der Waals surface area contributed by atoms with Gasteiger partial charge in [0.15, 0.2) is 0 Å². The van der Waals surface area contributed by atoms with Crippen molar-refractivity contribution < 1.29 is 19.0 Å². The average Bonchev–Trinajstić information content (AvgIpc) is 3.23. The Morgan fingerprint density at radius 1 is 0.969 bits per heavy atom. The van der Waals surface area contributed by atoms with Crippen LogP contribution in [0.25, 0.3) is 5.65 Å². The number of pyridine rings is 1. The lowest BCUT2D eigenvalue weighted by Gasteiger charge is -2.09. The number of methoxy groups -OCH3 is 1. The van der Waals surface area contributed by atoms with Gasteiger partial charge in [-0.2, -0.15) is 0 Å². The summed E-state index contributed by atoms with van der Waals surface area (Å²) in [5, 5.41) is 2.86. The first-order valence-electron chi connectivity index (χ1n) is 10.3. The molecular weight excluding hydrogens is 406 g/mol. The second kappa shape index (κ2) is 9.87. The first-order chi connectivity index (χ1) is 15.6. The van der Waals surface area contributed by atoms with Gasteiger partial charge in [-0.15, -0.1) is 0 Å². The van der Waals surface area contributed by atoms with Gasteiger partial charge >= 0.3 is 0 Å². The number of amides is 1. The number of aryl methyl sites for hydroxylation is 1. The minimum atomic E-state index is -0.183. The largest absolute Gasteiger partial charge is 0.497 e. The molecule has 164 valence electrons. The van der Waals surface area contributed by atoms with E-state index in [9.17, 15) is 4.79 Å². The predicted octanol–water partition coefficient (Wildman–Crippen LogP) is 4.04. The molecule has 0 aliphatic carbocycles. The van der Waals surface area contributed by atoms with Crippen LogP contribution < -0.4 is 19.5 Å². The summed E-state index contributed by atoms with van der Waals surface area (Å²) < 4.78 is 18.6. The molecule has 0 atom stereocenters. The van der Waals surface area contributed by atoms with E-state index in [1.54, 1.807) is 25.3 Å². The van der Waals surface area contributed by atoms with E-state index >= 15 is 0 Å². The number of hydrogen-bond acceptors (Lipinski definition) is 5. The van der Waals surface area contributed by atoms with Crippen LogP contribution in [0.4, 0.5) is 0 Å². The van der Waals surface area contributed by atoms with Crippen molar-refractivity contribution in [1.29, 1.82) is 0 Å². The summed E-state index contributed by atoms with van der Waals surface area (Å²) in [6.07, 6.45) is 3.97. The maximum Gasteiger partial charge on any atom is 0.251 e. The van der Waals surface area contributed by atoms with Gasteiger partial charge in [-0.3, -0.25) is 4.79 Å². The van der Waals surface area contributed by atoms with E-state index < -0.39 is 0 Å². The normalized spacial score (nSPS) is 10.7. The predicted molar refractivity (Wildman–Crippen MR) is 122 cm³/mol. The zero-order valence-corrected chi connectivity index (χ0v) is 18.1. The van der Waals surface area contributed by atoms with Crippen molar-refractivity contribution in [3.05, 3.63) is 89.9 Å². The van der Waals surface area contributed by atoms with Crippen molar-refractivity contribution in [2.45, 2.75) is 13.5 Å². The summed E-state index contributed by atoms with van der Waals surface area (Å²) >= 11 is 0. The van der Waals surface area contributed by atoms with Crippen LogP contribution in [0.5, 0.6) is 17.2 Å². The average molecular weight is 431 g/mol. The zero-order valence-electron chi connectivity index (χ0n) is 18.1. The Morgan fingerprint density at radius 2 is 1.78 bits per heavy atom. The Balaban J connectivity index is 1.27. The van der Waals surface area contributed by atoms with Crippen LogP contribution in [-0.4, -0.2) is 35.6 Å². The van der Waals surface area contributed by atoms with E-state index in [0.29, 0.717) is 31.1 Å². The van der Waals surface area contributed by atoms with Gasteiger partial charge in [0.1, 0.15) is 36.1 Å². The molecule has 0 bridgehead atoms. The summed E-state index contributed by atoms with van der Waals surface area (Å²) in [7, 11) is 1.62. The Morgan fingerprint density at radius 3 is 2.59 bits per heavy atom. The molecular formula is C25H25N3O4. The van der Waals surface area contributed by atoms with Gasteiger partial charge in [-0.1, -0.05) is 12.1 Å². The number of rotatable bonds is 9. The number of imidazole rings is 1. The highest BCUT2D eigenvalue weighted by atomic mass is 16.5. The molecule has 2 aromatic carbocycles. The van der Waals surface area contributed by atoms with Crippen LogP contribution in [0.3, 0.4) is 0 Å². The van der Waals surface area contributed by atoms with Crippen molar-refractivity contribution >= 4 is 11.6 Å². The van der Waals surface area contributed by atoms with Gasteiger partial charge in [0.2, 0.25) is 0 Å². The third-order valence-electron chi connectivity index (χ3n) is 4.85. The van der Waals surface area contributed by atoms with Crippen LogP contribution in [0, 0.1) is 6.92 Å². The van der Waals surface area contributed by atoms with E-state index in [4.69, 9.17) is 14.2 Å². The topological polar surface area (TPSA) is 74.1 Å². The lowest BCUT2D eigenvalue weighted by atomic mass is 10.2. The standard InChI is InChI=1S/C25H25N3O4/c1-18-6-11-24-27-20(16-28(24)15-18)17-32-23-5-3-4-19(14-23)25(29)26-12-13-31-22-9-7-21(30-2)8-10-22/h3-11,14-16H,12-13,17H2,1-2H3,(H,26,29). The fraction of sp³-hybridized carbons (Fsp3) is 0.200. The van der Waals surface area contributed by atoms with E-state index in [-0.39, 0.29) is 5.91 Å². The quantitative estimate of drug-likeness (QED) is 0.405. The molecule has 4 aromatic rings. The monoisotopic (exact) mass is 431 g/mol. The minimum absolute atomic E-state index is 0.183. The molecule has 0 saturated heterocycles. The van der Waals surface area contributed by atoms with Gasteiger partial charge in [0, 0.05) is 18.0 Å². The molecule has 0 fully saturated rings. The number of carbonyl (C=O) groups is 1. The maximum absolute atomic E-state index is 12.5. The molecule has 32 heavy (non-hydrogen) atoms. The molecule has 1 N–H and O–H groups in total. The molecule has 2 heterocycles. The molecule has 0 spiro atoms. The van der Waals surface area contributed by atoms with E-state index in [1.807, 2.05) is 66.2 Å². The molecule has 2 aromatic heterocycles. The Kier molecular flexibility index (Phi) is 6.55. The summed E-state index contributed by atoms with van der Waals surface area (Å²) in [5.74, 6) is 1.92. The molecule has 0 aliphatic rings. The number of ether oxygens (including phenoxy) is 3. The van der Waals surface area contributed by atoms with E-state index in [0.717, 1.165) is 28.4 Å². The van der Waals surface area contributed by atoms with E-state index in [2.05, 4.69) is 10.3 Å². The van der Waals surface area contributed by atoms with Crippen LogP contribution >= 0.6 is 0 Å². The number of nitrogens with zero attached hydrogens (tertiary/aromatic N) is 2. The molecule has 0 radical (unpaired) electrons. The molecule has 0 saturated carbocycles. The number of carbonyl (C=O) groups excluding carboxylic acids is 1. The third kappa shape index (κ3) is 5.37. The van der Waals surface area contributed by atoms with Gasteiger partial charge in [0.05, 0.1) is 19.3 Å². The van der Waals surface area contributed by atoms with Crippen molar-refractivity contribution in [2.24, 2.45) is 0 Å².